The topological polar surface area (TPSA) is 20.2 Å². The van der Waals surface area contributed by atoms with Gasteiger partial charge in [0.05, 0.1) is 0 Å². The van der Waals surface area contributed by atoms with Crippen molar-refractivity contribution >= 4 is 15.9 Å². The maximum absolute atomic E-state index is 9.39. The SMILES string of the molecule is CC1(C)CC(C(CO)CBr)CC(C)(C)C1. The van der Waals surface area contributed by atoms with Crippen molar-refractivity contribution in [1.82, 2.24) is 0 Å². The molecule has 1 fully saturated rings. The predicted octanol–water partition coefficient (Wildman–Crippen LogP) is 3.84. The minimum absolute atomic E-state index is 0.322. The van der Waals surface area contributed by atoms with E-state index in [0.717, 1.165) is 5.33 Å². The van der Waals surface area contributed by atoms with Crippen LogP contribution in [0.4, 0.5) is 0 Å². The van der Waals surface area contributed by atoms with Crippen molar-refractivity contribution in [2.45, 2.75) is 47.0 Å². The zero-order valence-corrected chi connectivity index (χ0v) is 12.1. The lowest BCUT2D eigenvalue weighted by molar-refractivity contribution is 0.0302. The molecule has 0 spiro atoms. The molecule has 1 saturated carbocycles. The van der Waals surface area contributed by atoms with Gasteiger partial charge in [-0.1, -0.05) is 43.6 Å². The molecule has 0 radical (unpaired) electrons. The third-order valence-corrected chi connectivity index (χ3v) is 4.52. The van der Waals surface area contributed by atoms with Gasteiger partial charge in [0.1, 0.15) is 0 Å². The fourth-order valence-corrected chi connectivity index (χ4v) is 4.32. The van der Waals surface area contributed by atoms with Crippen LogP contribution >= 0.6 is 15.9 Å². The number of alkyl halides is 1. The molecule has 1 aliphatic rings. The van der Waals surface area contributed by atoms with Crippen LogP contribution in [-0.2, 0) is 0 Å². The summed E-state index contributed by atoms with van der Waals surface area (Å²) in [6.07, 6.45) is 3.82. The van der Waals surface area contributed by atoms with E-state index < -0.39 is 0 Å². The molecule has 2 heteroatoms. The number of halogens is 1. The Balaban J connectivity index is 2.74. The van der Waals surface area contributed by atoms with Gasteiger partial charge in [0.15, 0.2) is 0 Å². The second-order valence-electron chi connectivity index (χ2n) is 6.77. The van der Waals surface area contributed by atoms with Crippen LogP contribution in [-0.4, -0.2) is 17.0 Å². The minimum Gasteiger partial charge on any atom is -0.396 e. The van der Waals surface area contributed by atoms with Crippen LogP contribution in [0.5, 0.6) is 0 Å². The third kappa shape index (κ3) is 3.74. The Morgan fingerprint density at radius 3 is 2.00 bits per heavy atom. The van der Waals surface area contributed by atoms with Crippen LogP contribution < -0.4 is 0 Å². The van der Waals surface area contributed by atoms with E-state index in [-0.39, 0.29) is 0 Å². The lowest BCUT2D eigenvalue weighted by atomic mass is 9.59. The second-order valence-corrected chi connectivity index (χ2v) is 7.42. The van der Waals surface area contributed by atoms with Gasteiger partial charge in [0.2, 0.25) is 0 Å². The first-order valence-corrected chi connectivity index (χ1v) is 7.09. The third-order valence-electron chi connectivity index (χ3n) is 3.69. The molecule has 1 N–H and O–H groups in total. The number of hydrogen-bond acceptors (Lipinski definition) is 1. The van der Waals surface area contributed by atoms with Gasteiger partial charge in [-0.3, -0.25) is 0 Å². The summed E-state index contributed by atoms with van der Waals surface area (Å²) < 4.78 is 0. The molecule has 90 valence electrons. The maximum atomic E-state index is 9.39. The van der Waals surface area contributed by atoms with Gasteiger partial charge in [-0.05, 0) is 41.9 Å². The largest absolute Gasteiger partial charge is 0.396 e. The molecule has 0 saturated heterocycles. The van der Waals surface area contributed by atoms with Gasteiger partial charge < -0.3 is 5.11 Å². The predicted molar refractivity (Wildman–Crippen MR) is 69.3 cm³/mol. The van der Waals surface area contributed by atoms with Crippen molar-refractivity contribution in [3.05, 3.63) is 0 Å². The Morgan fingerprint density at radius 1 is 1.20 bits per heavy atom. The van der Waals surface area contributed by atoms with E-state index in [1.807, 2.05) is 0 Å². The Hall–Kier alpha value is 0.440. The molecular formula is C13H25BrO. The first-order valence-electron chi connectivity index (χ1n) is 5.96. The van der Waals surface area contributed by atoms with Gasteiger partial charge in [0, 0.05) is 11.9 Å². The lowest BCUT2D eigenvalue weighted by Crippen LogP contribution is -2.38. The number of hydrogen-bond donors (Lipinski definition) is 1. The zero-order chi connectivity index (χ0) is 11.7. The summed E-state index contributed by atoms with van der Waals surface area (Å²) in [5.41, 5.74) is 0.865. The van der Waals surface area contributed by atoms with E-state index in [0.29, 0.717) is 29.3 Å². The molecule has 0 aromatic carbocycles. The van der Waals surface area contributed by atoms with E-state index in [1.54, 1.807) is 0 Å². The molecule has 0 heterocycles. The summed E-state index contributed by atoms with van der Waals surface area (Å²) in [7, 11) is 0. The van der Waals surface area contributed by atoms with E-state index in [9.17, 15) is 5.11 Å². The first kappa shape index (κ1) is 13.5. The molecule has 0 aliphatic heterocycles. The van der Waals surface area contributed by atoms with E-state index in [1.165, 1.54) is 19.3 Å². The van der Waals surface area contributed by atoms with Crippen molar-refractivity contribution < 1.29 is 5.11 Å². The zero-order valence-electron chi connectivity index (χ0n) is 10.5. The monoisotopic (exact) mass is 276 g/mol. The standard InChI is InChI=1S/C13H25BrO/c1-12(2)5-10(11(7-14)8-15)6-13(3,4)9-12/h10-11,15H,5-9H2,1-4H3. The molecule has 0 amide bonds. The molecule has 1 atom stereocenters. The molecule has 0 bridgehead atoms. The molecule has 1 nitrogen and oxygen atoms in total. The average molecular weight is 277 g/mol. The van der Waals surface area contributed by atoms with Crippen LogP contribution in [0.1, 0.15) is 47.0 Å². The lowest BCUT2D eigenvalue weighted by Gasteiger charge is -2.47. The van der Waals surface area contributed by atoms with Gasteiger partial charge in [-0.2, -0.15) is 0 Å². The minimum atomic E-state index is 0.322. The Labute approximate surface area is 103 Å². The van der Waals surface area contributed by atoms with E-state index in [2.05, 4.69) is 43.6 Å². The average Bonchev–Trinajstić information content (AvgIpc) is 2.00. The molecular weight excluding hydrogens is 252 g/mol. The smallest absolute Gasteiger partial charge is 0.0469 e. The summed E-state index contributed by atoms with van der Waals surface area (Å²) >= 11 is 3.53. The van der Waals surface area contributed by atoms with Crippen molar-refractivity contribution in [2.75, 3.05) is 11.9 Å². The van der Waals surface area contributed by atoms with Crippen molar-refractivity contribution in [3.63, 3.8) is 0 Å². The second kappa shape index (κ2) is 4.75. The highest BCUT2D eigenvalue weighted by molar-refractivity contribution is 9.09. The maximum Gasteiger partial charge on any atom is 0.0469 e. The Bertz CT molecular complexity index is 191. The summed E-state index contributed by atoms with van der Waals surface area (Å²) in [6, 6.07) is 0. The van der Waals surface area contributed by atoms with Gasteiger partial charge >= 0.3 is 0 Å². The highest BCUT2D eigenvalue weighted by Gasteiger charge is 2.40. The molecule has 1 unspecified atom stereocenters. The van der Waals surface area contributed by atoms with Crippen LogP contribution in [0.25, 0.3) is 0 Å². The highest BCUT2D eigenvalue weighted by Crippen LogP contribution is 2.50. The molecule has 1 aliphatic carbocycles. The molecule has 15 heavy (non-hydrogen) atoms. The fourth-order valence-electron chi connectivity index (χ4n) is 3.59. The van der Waals surface area contributed by atoms with Gasteiger partial charge in [0.25, 0.3) is 0 Å². The van der Waals surface area contributed by atoms with E-state index >= 15 is 0 Å². The first-order chi connectivity index (χ1) is 6.79. The number of aliphatic hydroxyl groups excluding tert-OH is 1. The normalized spacial score (nSPS) is 27.6. The number of aliphatic hydroxyl groups is 1. The quantitative estimate of drug-likeness (QED) is 0.777. The van der Waals surface area contributed by atoms with Crippen molar-refractivity contribution in [1.29, 1.82) is 0 Å². The van der Waals surface area contributed by atoms with Crippen LogP contribution in [0.15, 0.2) is 0 Å². The summed E-state index contributed by atoms with van der Waals surface area (Å²) in [5.74, 6) is 1.11. The highest BCUT2D eigenvalue weighted by atomic mass is 79.9. The summed E-state index contributed by atoms with van der Waals surface area (Å²) in [6.45, 7) is 9.78. The summed E-state index contributed by atoms with van der Waals surface area (Å²) in [5, 5.41) is 10.3. The van der Waals surface area contributed by atoms with Crippen LogP contribution in [0, 0.1) is 22.7 Å². The van der Waals surface area contributed by atoms with Gasteiger partial charge in [-0.25, -0.2) is 0 Å². The van der Waals surface area contributed by atoms with Crippen molar-refractivity contribution in [2.24, 2.45) is 22.7 Å². The fraction of sp³-hybridized carbons (Fsp3) is 1.00. The van der Waals surface area contributed by atoms with Crippen LogP contribution in [0.3, 0.4) is 0 Å². The summed E-state index contributed by atoms with van der Waals surface area (Å²) in [4.78, 5) is 0. The molecule has 1 rings (SSSR count). The Morgan fingerprint density at radius 2 is 1.67 bits per heavy atom. The van der Waals surface area contributed by atoms with Gasteiger partial charge in [-0.15, -0.1) is 0 Å². The van der Waals surface area contributed by atoms with Crippen LogP contribution in [0.2, 0.25) is 0 Å². The Kier molecular flexibility index (Phi) is 4.27. The molecule has 0 aromatic heterocycles. The van der Waals surface area contributed by atoms with Crippen molar-refractivity contribution in [3.8, 4) is 0 Å². The molecule has 0 aromatic rings. The number of rotatable bonds is 3. The van der Waals surface area contributed by atoms with E-state index in [4.69, 9.17) is 0 Å².